The number of nitrogens with one attached hydrogen (secondary N) is 2. The number of hydrogen-bond acceptors (Lipinski definition) is 4. The molecule has 7 aromatic rings. The van der Waals surface area contributed by atoms with Crippen LogP contribution < -0.4 is 10.6 Å². The van der Waals surface area contributed by atoms with E-state index in [0.29, 0.717) is 5.56 Å². The Labute approximate surface area is 298 Å². The van der Waals surface area contributed by atoms with Gasteiger partial charge in [0.1, 0.15) is 18.2 Å². The molecule has 0 aromatic heterocycles. The molecule has 0 spiro atoms. The summed E-state index contributed by atoms with van der Waals surface area (Å²) in [6, 6.07) is 58.1. The minimum Gasteiger partial charge on any atom is -0.350 e. The lowest BCUT2D eigenvalue weighted by Gasteiger charge is -2.34. The first-order valence-electron chi connectivity index (χ1n) is 17.5. The molecule has 2 N–H and O–H groups in total. The maximum Gasteiger partial charge on any atom is 0.131 e. The molecule has 7 aromatic carbocycles. The van der Waals surface area contributed by atoms with Crippen molar-refractivity contribution in [3.05, 3.63) is 191 Å². The highest BCUT2D eigenvalue weighted by molar-refractivity contribution is 6.01. The standard InChI is InChI=1S/C47H36N4/c1-47(2)41-27-30(29-48)17-24-39(41)40-26-23-36(28-42(40)47)31-18-20-33(21-19-31)38-25-22-32-11-9-10-16-37(32)43(38)46-50-44(34-12-5-3-6-13-34)49-45(51-46)35-14-7-4-8-15-35/h3-28,44,46,50H,1-2H3,(H,49,51). The van der Waals surface area contributed by atoms with Gasteiger partial charge in [-0.3, -0.25) is 5.32 Å². The molecule has 244 valence electrons. The molecule has 1 heterocycles. The highest BCUT2D eigenvalue weighted by atomic mass is 15.3. The highest BCUT2D eigenvalue weighted by Gasteiger charge is 2.36. The SMILES string of the molecule is CC1(C)c2cc(C#N)ccc2-c2ccc(-c3ccc(-c4ccc5ccccc5c4C4NC(c5ccccc5)=NC(c5ccccc5)N4)cc3)cc21. The van der Waals surface area contributed by atoms with Crippen LogP contribution in [0.3, 0.4) is 0 Å². The molecule has 51 heavy (non-hydrogen) atoms. The summed E-state index contributed by atoms with van der Waals surface area (Å²) in [6.45, 7) is 4.52. The van der Waals surface area contributed by atoms with Crippen molar-refractivity contribution in [2.24, 2.45) is 4.99 Å². The van der Waals surface area contributed by atoms with E-state index in [2.05, 4.69) is 170 Å². The van der Waals surface area contributed by atoms with Crippen LogP contribution >= 0.6 is 0 Å². The van der Waals surface area contributed by atoms with E-state index in [0.717, 1.165) is 22.5 Å². The van der Waals surface area contributed by atoms with Crippen LogP contribution in [0.2, 0.25) is 0 Å². The normalized spacial score (nSPS) is 17.2. The summed E-state index contributed by atoms with van der Waals surface area (Å²) in [5.41, 5.74) is 13.6. The Bertz CT molecular complexity index is 2510. The van der Waals surface area contributed by atoms with Crippen LogP contribution in [0.4, 0.5) is 0 Å². The Morgan fingerprint density at radius 2 is 1.22 bits per heavy atom. The Balaban J connectivity index is 1.11. The summed E-state index contributed by atoms with van der Waals surface area (Å²) in [6.07, 6.45) is -0.422. The van der Waals surface area contributed by atoms with Crippen molar-refractivity contribution in [2.75, 3.05) is 0 Å². The second kappa shape index (κ2) is 12.2. The first kappa shape index (κ1) is 30.8. The van der Waals surface area contributed by atoms with Crippen molar-refractivity contribution in [2.45, 2.75) is 31.6 Å². The van der Waals surface area contributed by atoms with Crippen LogP contribution in [0.25, 0.3) is 44.2 Å². The number of benzene rings is 7. The summed E-state index contributed by atoms with van der Waals surface area (Å²) >= 11 is 0. The lowest BCUT2D eigenvalue weighted by molar-refractivity contribution is 0.411. The topological polar surface area (TPSA) is 60.2 Å². The maximum absolute atomic E-state index is 9.55. The van der Waals surface area contributed by atoms with Gasteiger partial charge in [0.15, 0.2) is 0 Å². The number of fused-ring (bicyclic) bond motifs is 4. The number of nitriles is 1. The Kier molecular flexibility index (Phi) is 7.38. The first-order valence-corrected chi connectivity index (χ1v) is 17.5. The summed E-state index contributed by atoms with van der Waals surface area (Å²) in [7, 11) is 0. The van der Waals surface area contributed by atoms with Crippen molar-refractivity contribution in [1.82, 2.24) is 10.6 Å². The number of nitrogens with zero attached hydrogens (tertiary/aromatic N) is 2. The van der Waals surface area contributed by atoms with Crippen LogP contribution in [-0.4, -0.2) is 5.84 Å². The molecule has 0 fully saturated rings. The Morgan fingerprint density at radius 3 is 1.98 bits per heavy atom. The largest absolute Gasteiger partial charge is 0.350 e. The quantitative estimate of drug-likeness (QED) is 0.194. The molecule has 1 aliphatic heterocycles. The van der Waals surface area contributed by atoms with E-state index in [1.165, 1.54) is 55.3 Å². The van der Waals surface area contributed by atoms with Crippen LogP contribution in [0.1, 0.15) is 59.6 Å². The zero-order chi connectivity index (χ0) is 34.5. The molecule has 0 amide bonds. The van der Waals surface area contributed by atoms with Gasteiger partial charge in [-0.05, 0) is 79.0 Å². The molecule has 0 radical (unpaired) electrons. The van der Waals surface area contributed by atoms with Crippen molar-refractivity contribution in [3.8, 4) is 39.4 Å². The van der Waals surface area contributed by atoms with E-state index >= 15 is 0 Å². The third-order valence-electron chi connectivity index (χ3n) is 10.6. The second-order valence-electron chi connectivity index (χ2n) is 14.0. The van der Waals surface area contributed by atoms with Crippen LogP contribution in [0.5, 0.6) is 0 Å². The lowest BCUT2D eigenvalue weighted by atomic mass is 9.81. The minimum absolute atomic E-state index is 0.188. The number of aliphatic imine (C=N–C) groups is 1. The summed E-state index contributed by atoms with van der Waals surface area (Å²) in [5.74, 6) is 0.868. The molecular formula is C47H36N4. The molecule has 0 bridgehead atoms. The van der Waals surface area contributed by atoms with Crippen LogP contribution in [-0.2, 0) is 5.41 Å². The predicted octanol–water partition coefficient (Wildman–Crippen LogP) is 10.7. The molecule has 2 atom stereocenters. The van der Waals surface area contributed by atoms with E-state index in [4.69, 9.17) is 4.99 Å². The van der Waals surface area contributed by atoms with Gasteiger partial charge in [-0.1, -0.05) is 153 Å². The third-order valence-corrected chi connectivity index (χ3v) is 10.6. The average Bonchev–Trinajstić information content (AvgIpc) is 3.42. The summed E-state index contributed by atoms with van der Waals surface area (Å²) in [4.78, 5) is 5.16. The van der Waals surface area contributed by atoms with Crippen molar-refractivity contribution in [3.63, 3.8) is 0 Å². The number of hydrogen-bond donors (Lipinski definition) is 2. The van der Waals surface area contributed by atoms with Crippen molar-refractivity contribution >= 4 is 16.6 Å². The smallest absolute Gasteiger partial charge is 0.131 e. The van der Waals surface area contributed by atoms with E-state index in [1.807, 2.05) is 18.2 Å². The second-order valence-corrected chi connectivity index (χ2v) is 14.0. The zero-order valence-corrected chi connectivity index (χ0v) is 28.6. The fraction of sp³-hybridized carbons (Fsp3) is 0.106. The summed E-state index contributed by atoms with van der Waals surface area (Å²) in [5, 5.41) is 19.6. The Hall–Kier alpha value is -6.28. The molecule has 2 unspecified atom stereocenters. The highest BCUT2D eigenvalue weighted by Crippen LogP contribution is 2.50. The fourth-order valence-electron chi connectivity index (χ4n) is 7.94. The molecule has 2 aliphatic rings. The van der Waals surface area contributed by atoms with E-state index in [-0.39, 0.29) is 17.7 Å². The van der Waals surface area contributed by atoms with Crippen molar-refractivity contribution < 1.29 is 0 Å². The molecular weight excluding hydrogens is 621 g/mol. The lowest BCUT2D eigenvalue weighted by Crippen LogP contribution is -2.45. The zero-order valence-electron chi connectivity index (χ0n) is 28.6. The van der Waals surface area contributed by atoms with Crippen molar-refractivity contribution in [1.29, 1.82) is 5.26 Å². The van der Waals surface area contributed by atoms with Crippen LogP contribution in [0, 0.1) is 11.3 Å². The molecule has 0 saturated heterocycles. The van der Waals surface area contributed by atoms with Gasteiger partial charge in [0, 0.05) is 16.5 Å². The van der Waals surface area contributed by atoms with Gasteiger partial charge in [-0.2, -0.15) is 5.26 Å². The van der Waals surface area contributed by atoms with Gasteiger partial charge < -0.3 is 5.32 Å². The van der Waals surface area contributed by atoms with Gasteiger partial charge >= 0.3 is 0 Å². The van der Waals surface area contributed by atoms with Crippen LogP contribution in [0.15, 0.2) is 163 Å². The summed E-state index contributed by atoms with van der Waals surface area (Å²) < 4.78 is 0. The third kappa shape index (κ3) is 5.31. The number of amidine groups is 1. The molecule has 1 aliphatic carbocycles. The first-order chi connectivity index (χ1) is 25.0. The van der Waals surface area contributed by atoms with E-state index < -0.39 is 0 Å². The van der Waals surface area contributed by atoms with Gasteiger partial charge in [-0.15, -0.1) is 0 Å². The average molecular weight is 657 g/mol. The van der Waals surface area contributed by atoms with Gasteiger partial charge in [0.25, 0.3) is 0 Å². The van der Waals surface area contributed by atoms with Gasteiger partial charge in [0.05, 0.1) is 11.6 Å². The minimum atomic E-state index is -0.219. The predicted molar refractivity (Wildman–Crippen MR) is 208 cm³/mol. The van der Waals surface area contributed by atoms with Gasteiger partial charge in [0.2, 0.25) is 0 Å². The van der Waals surface area contributed by atoms with E-state index in [9.17, 15) is 5.26 Å². The molecule has 4 nitrogen and oxygen atoms in total. The fourth-order valence-corrected chi connectivity index (χ4v) is 7.94. The monoisotopic (exact) mass is 656 g/mol. The number of rotatable bonds is 5. The Morgan fingerprint density at radius 1 is 0.588 bits per heavy atom. The molecule has 9 rings (SSSR count). The molecule has 4 heteroatoms. The molecule has 0 saturated carbocycles. The van der Waals surface area contributed by atoms with Gasteiger partial charge in [-0.25, -0.2) is 4.99 Å². The van der Waals surface area contributed by atoms with E-state index in [1.54, 1.807) is 0 Å². The maximum atomic E-state index is 9.55.